The Morgan fingerprint density at radius 3 is 1.92 bits per heavy atom. The van der Waals surface area contributed by atoms with Crippen molar-refractivity contribution in [2.24, 2.45) is 5.73 Å². The number of carboxylic acid groups (broad SMARTS) is 2. The quantitative estimate of drug-likeness (QED) is 0.121. The Bertz CT molecular complexity index is 1530. The van der Waals surface area contributed by atoms with Gasteiger partial charge in [0.25, 0.3) is 21.9 Å². The van der Waals surface area contributed by atoms with Gasteiger partial charge in [-0.05, 0) is 53.6 Å². The number of carbonyl (C=O) groups excluding carboxylic acids is 2. The molecule has 8 N–H and O–H groups in total. The lowest BCUT2D eigenvalue weighted by Gasteiger charge is -2.14. The van der Waals surface area contributed by atoms with Gasteiger partial charge in [0.15, 0.2) is 0 Å². The maximum Gasteiger partial charge on any atom is 0.336 e. The summed E-state index contributed by atoms with van der Waals surface area (Å²) in [6, 6.07) is 16.4. The van der Waals surface area contributed by atoms with Crippen LogP contribution in [0.3, 0.4) is 0 Å². The second-order valence-corrected chi connectivity index (χ2v) is 9.33. The molecule has 0 aliphatic heterocycles. The summed E-state index contributed by atoms with van der Waals surface area (Å²) in [7, 11) is -3.67. The van der Waals surface area contributed by atoms with Crippen molar-refractivity contribution in [3.8, 4) is 11.1 Å². The van der Waals surface area contributed by atoms with Crippen LogP contribution in [0.1, 0.15) is 36.6 Å². The van der Waals surface area contributed by atoms with E-state index in [0.29, 0.717) is 17.5 Å². The van der Waals surface area contributed by atoms with E-state index in [4.69, 9.17) is 20.8 Å². The third-order valence-corrected chi connectivity index (χ3v) is 4.83. The average Bonchev–Trinajstić information content (AvgIpc) is 2.86. The van der Waals surface area contributed by atoms with Crippen molar-refractivity contribution < 1.29 is 42.4 Å². The smallest absolute Gasteiger partial charge is 0.336 e. The molecule has 0 aliphatic carbocycles. The molecule has 0 heterocycles. The van der Waals surface area contributed by atoms with Gasteiger partial charge in [-0.3, -0.25) is 24.3 Å². The van der Waals surface area contributed by atoms with Gasteiger partial charge < -0.3 is 26.6 Å². The number of rotatable bonds is 8. The van der Waals surface area contributed by atoms with Crippen molar-refractivity contribution in [2.75, 3.05) is 18.1 Å². The monoisotopic (exact) mass is 556 g/mol. The molecule has 204 valence electrons. The highest BCUT2D eigenvalue weighted by Gasteiger charge is 2.20. The molecule has 0 radical (unpaired) electrons. The third kappa shape index (κ3) is 9.38. The first kappa shape index (κ1) is 30.1. The number of anilines is 1. The van der Waals surface area contributed by atoms with E-state index >= 15 is 0 Å². The molecule has 0 saturated carbocycles. The predicted molar refractivity (Wildman–Crippen MR) is 142 cm³/mol. The third-order valence-electron chi connectivity index (χ3n) is 4.83. The number of amides is 2. The lowest BCUT2D eigenvalue weighted by molar-refractivity contribution is -0.135. The van der Waals surface area contributed by atoms with Crippen LogP contribution in [0.4, 0.5) is 5.69 Å². The fraction of sp³-hybridized carbons (Fsp3) is 0.0800. The Hall–Kier alpha value is -5.08. The molecular weight excluding hydrogens is 532 g/mol. The highest BCUT2D eigenvalue weighted by molar-refractivity contribution is 7.85. The molecule has 0 spiro atoms. The van der Waals surface area contributed by atoms with Crippen LogP contribution in [0.25, 0.3) is 11.1 Å². The zero-order chi connectivity index (χ0) is 29.3. The van der Waals surface area contributed by atoms with Crippen molar-refractivity contribution in [2.45, 2.75) is 0 Å². The molecule has 0 fully saturated rings. The summed E-state index contributed by atoms with van der Waals surface area (Å²) >= 11 is 0. The largest absolute Gasteiger partial charge is 0.480 e. The van der Waals surface area contributed by atoms with Crippen LogP contribution in [0.15, 0.2) is 66.7 Å². The summed E-state index contributed by atoms with van der Waals surface area (Å²) in [5.41, 5.74) is 6.82. The number of amidine groups is 1. The number of nitrogens with two attached hydrogens (primary N) is 1. The van der Waals surface area contributed by atoms with E-state index in [1.54, 1.807) is 42.5 Å². The summed E-state index contributed by atoms with van der Waals surface area (Å²) in [6.45, 7) is -0.605. The van der Waals surface area contributed by atoms with Crippen molar-refractivity contribution in [1.29, 1.82) is 5.41 Å². The van der Waals surface area contributed by atoms with Crippen LogP contribution < -0.4 is 16.4 Å². The molecule has 39 heavy (non-hydrogen) atoms. The molecule has 0 atom stereocenters. The molecule has 3 aromatic carbocycles. The first-order chi connectivity index (χ1) is 18.2. The second kappa shape index (κ2) is 12.9. The second-order valence-electron chi connectivity index (χ2n) is 7.87. The highest BCUT2D eigenvalue weighted by atomic mass is 32.2. The van der Waals surface area contributed by atoms with Gasteiger partial charge in [-0.25, -0.2) is 4.79 Å². The molecule has 13 nitrogen and oxygen atoms in total. The Kier molecular flexibility index (Phi) is 10.00. The fourth-order valence-corrected chi connectivity index (χ4v) is 3.20. The molecule has 14 heteroatoms. The van der Waals surface area contributed by atoms with Gasteiger partial charge in [-0.15, -0.1) is 0 Å². The van der Waals surface area contributed by atoms with E-state index in [2.05, 4.69) is 10.6 Å². The van der Waals surface area contributed by atoms with Gasteiger partial charge in [0.2, 0.25) is 0 Å². The molecule has 0 unspecified atom stereocenters. The summed E-state index contributed by atoms with van der Waals surface area (Å²) < 4.78 is 25.9. The molecule has 0 aromatic heterocycles. The van der Waals surface area contributed by atoms with E-state index in [1.807, 2.05) is 0 Å². The lowest BCUT2D eigenvalue weighted by atomic mass is 9.93. The summed E-state index contributed by atoms with van der Waals surface area (Å²) in [4.78, 5) is 48.1. The number of aliphatic carboxylic acids is 1. The molecule has 3 aromatic rings. The van der Waals surface area contributed by atoms with Crippen LogP contribution in [0, 0.1) is 5.41 Å². The molecule has 0 saturated heterocycles. The van der Waals surface area contributed by atoms with E-state index < -0.39 is 40.4 Å². The van der Waals surface area contributed by atoms with Gasteiger partial charge in [0.05, 0.1) is 11.8 Å². The Morgan fingerprint density at radius 2 is 1.38 bits per heavy atom. The minimum absolute atomic E-state index is 0.00678. The Balaban J connectivity index is 0.000000976. The van der Waals surface area contributed by atoms with E-state index in [-0.39, 0.29) is 33.7 Å². The lowest BCUT2D eigenvalue weighted by Crippen LogP contribution is -2.29. The number of nitrogen functional groups attached to an aromatic ring is 1. The van der Waals surface area contributed by atoms with Gasteiger partial charge in [-0.1, -0.05) is 24.3 Å². The molecule has 0 aliphatic rings. The van der Waals surface area contributed by atoms with Crippen molar-refractivity contribution in [3.05, 3.63) is 89.0 Å². The molecule has 2 amide bonds. The first-order valence-electron chi connectivity index (χ1n) is 10.8. The van der Waals surface area contributed by atoms with Crippen LogP contribution in [-0.4, -0.2) is 65.6 Å². The van der Waals surface area contributed by atoms with Crippen molar-refractivity contribution >= 4 is 45.4 Å². The number of nitrogens with one attached hydrogen (secondary N) is 3. The van der Waals surface area contributed by atoms with Gasteiger partial charge in [0.1, 0.15) is 12.4 Å². The number of benzene rings is 3. The standard InChI is InChI=1S/C24H20N4O6.CH4O3S/c25-21(26)13-5-8-15(9-6-13)28-23(32)19-11-14(22(31)27-12-20(29)30)7-10-17(19)16-3-1-2-4-18(16)24(33)34;1-5(2,3)4/h1-11H,12H2,(H3,25,26)(H,27,31)(H,28,32)(H,29,30)(H,33,34);1H3,(H,2,3,4). The Labute approximate surface area is 222 Å². The summed E-state index contributed by atoms with van der Waals surface area (Å²) in [5.74, 6) is -3.89. The van der Waals surface area contributed by atoms with Crippen LogP contribution in [-0.2, 0) is 14.9 Å². The van der Waals surface area contributed by atoms with Crippen LogP contribution in [0.2, 0.25) is 0 Å². The zero-order valence-corrected chi connectivity index (χ0v) is 21.2. The average molecular weight is 557 g/mol. The van der Waals surface area contributed by atoms with Crippen molar-refractivity contribution in [3.63, 3.8) is 0 Å². The highest BCUT2D eigenvalue weighted by Crippen LogP contribution is 2.29. The number of hydrogen-bond donors (Lipinski definition) is 7. The maximum absolute atomic E-state index is 13.2. The SMILES string of the molecule is CS(=O)(=O)O.N=C(N)c1ccc(NC(=O)c2cc(C(=O)NCC(=O)O)ccc2-c2ccccc2C(=O)O)cc1. The fourth-order valence-electron chi connectivity index (χ4n) is 3.20. The van der Waals surface area contributed by atoms with E-state index in [1.165, 1.54) is 24.3 Å². The normalized spacial score (nSPS) is 10.4. The minimum Gasteiger partial charge on any atom is -0.480 e. The predicted octanol–water partition coefficient (Wildman–Crippen LogP) is 1.91. The van der Waals surface area contributed by atoms with Crippen molar-refractivity contribution in [1.82, 2.24) is 5.32 Å². The maximum atomic E-state index is 13.2. The topological polar surface area (TPSA) is 237 Å². The number of aromatic carboxylic acids is 1. The first-order valence-corrected chi connectivity index (χ1v) is 12.7. The summed E-state index contributed by atoms with van der Waals surface area (Å²) in [6.07, 6.45) is 0.715. The summed E-state index contributed by atoms with van der Waals surface area (Å²) in [5, 5.41) is 30.7. The van der Waals surface area contributed by atoms with Crippen LogP contribution in [0.5, 0.6) is 0 Å². The molecule has 3 rings (SSSR count). The molecule has 0 bridgehead atoms. The van der Waals surface area contributed by atoms with Crippen LogP contribution >= 0.6 is 0 Å². The zero-order valence-electron chi connectivity index (χ0n) is 20.3. The minimum atomic E-state index is -3.67. The number of hydrogen-bond acceptors (Lipinski definition) is 7. The molecular formula is C25H24N4O9S. The van der Waals surface area contributed by atoms with Gasteiger partial charge >= 0.3 is 11.9 Å². The van der Waals surface area contributed by atoms with Gasteiger partial charge in [-0.2, -0.15) is 8.42 Å². The Morgan fingerprint density at radius 1 is 0.846 bits per heavy atom. The number of carbonyl (C=O) groups is 4. The van der Waals surface area contributed by atoms with E-state index in [9.17, 15) is 32.7 Å². The number of carboxylic acids is 2. The van der Waals surface area contributed by atoms with Gasteiger partial charge in [0, 0.05) is 22.4 Å². The van der Waals surface area contributed by atoms with E-state index in [0.717, 1.165) is 0 Å².